The summed E-state index contributed by atoms with van der Waals surface area (Å²) in [5.41, 5.74) is 2.48. The van der Waals surface area contributed by atoms with Gasteiger partial charge in [0.1, 0.15) is 11.5 Å². The Hall–Kier alpha value is -3.93. The van der Waals surface area contributed by atoms with Gasteiger partial charge in [0.25, 0.3) is 0 Å². The van der Waals surface area contributed by atoms with Crippen molar-refractivity contribution in [1.82, 2.24) is 0 Å². The van der Waals surface area contributed by atoms with Gasteiger partial charge in [0.2, 0.25) is 11.7 Å². The number of hydrogen-bond donors (Lipinski definition) is 0. The molecule has 0 radical (unpaired) electrons. The third-order valence-electron chi connectivity index (χ3n) is 6.54. The van der Waals surface area contributed by atoms with Gasteiger partial charge in [-0.05, 0) is 53.8 Å². The van der Waals surface area contributed by atoms with Gasteiger partial charge in [0, 0.05) is 24.2 Å². The molecule has 3 aromatic rings. The fraction of sp³-hybridized carbons (Fsp3) is 0.323. The van der Waals surface area contributed by atoms with Crippen molar-refractivity contribution >= 4 is 23.3 Å². The van der Waals surface area contributed by atoms with E-state index in [9.17, 15) is 14.4 Å². The molecule has 1 aliphatic heterocycles. The van der Waals surface area contributed by atoms with Gasteiger partial charge in [-0.2, -0.15) is 0 Å². The normalized spacial score (nSPS) is 16.4. The van der Waals surface area contributed by atoms with Gasteiger partial charge >= 0.3 is 5.97 Å². The number of carbonyl (C=O) groups is 3. The molecule has 192 valence electrons. The van der Waals surface area contributed by atoms with E-state index in [4.69, 9.17) is 9.47 Å². The molecule has 6 nitrogen and oxygen atoms in total. The molecular weight excluding hydrogens is 466 g/mol. The molecule has 1 saturated heterocycles. The van der Waals surface area contributed by atoms with Crippen molar-refractivity contribution < 1.29 is 23.9 Å². The van der Waals surface area contributed by atoms with E-state index >= 15 is 0 Å². The van der Waals surface area contributed by atoms with Gasteiger partial charge in [0.15, 0.2) is 6.10 Å². The minimum absolute atomic E-state index is 0.0488. The number of Topliss-reactive ketones (excluding diaryl/α,β-unsaturated/α-hetero) is 1. The topological polar surface area (TPSA) is 72.9 Å². The van der Waals surface area contributed by atoms with E-state index in [-0.39, 0.29) is 30.1 Å². The number of rotatable bonds is 8. The molecule has 0 N–H and O–H groups in total. The predicted octanol–water partition coefficient (Wildman–Crippen LogP) is 6.33. The molecule has 1 fully saturated rings. The Kier molecular flexibility index (Phi) is 7.77. The number of benzene rings is 3. The van der Waals surface area contributed by atoms with Crippen molar-refractivity contribution in [1.29, 1.82) is 0 Å². The highest BCUT2D eigenvalue weighted by molar-refractivity contribution is 6.02. The molecule has 3 aromatic carbocycles. The average molecular weight is 500 g/mol. The molecular formula is C31H33NO5. The van der Waals surface area contributed by atoms with Gasteiger partial charge in [-0.15, -0.1) is 0 Å². The van der Waals surface area contributed by atoms with E-state index < -0.39 is 18.0 Å². The predicted molar refractivity (Wildman–Crippen MR) is 143 cm³/mol. The number of esters is 1. The second kappa shape index (κ2) is 11.0. The Bertz CT molecular complexity index is 1240. The highest BCUT2D eigenvalue weighted by atomic mass is 16.5. The highest BCUT2D eigenvalue weighted by Gasteiger charge is 2.37. The Morgan fingerprint density at radius 3 is 2.08 bits per heavy atom. The first kappa shape index (κ1) is 26.1. The van der Waals surface area contributed by atoms with Crippen LogP contribution in [-0.4, -0.2) is 30.3 Å². The van der Waals surface area contributed by atoms with E-state index in [1.54, 1.807) is 60.4 Å². The van der Waals surface area contributed by atoms with Crippen LogP contribution in [0.3, 0.4) is 0 Å². The summed E-state index contributed by atoms with van der Waals surface area (Å²) in [5, 5.41) is 0. The maximum atomic E-state index is 12.8. The quantitative estimate of drug-likeness (QED) is 0.267. The number of amides is 1. The van der Waals surface area contributed by atoms with Crippen LogP contribution < -0.4 is 9.64 Å². The minimum Gasteiger partial charge on any atom is -0.457 e. The number of ether oxygens (including phenoxy) is 2. The lowest BCUT2D eigenvalue weighted by Gasteiger charge is -2.20. The van der Waals surface area contributed by atoms with Crippen molar-refractivity contribution in [3.05, 3.63) is 90.0 Å². The number of hydrogen-bond acceptors (Lipinski definition) is 5. The number of carbonyl (C=O) groups excluding carboxylic acids is 3. The maximum absolute atomic E-state index is 12.8. The third kappa shape index (κ3) is 6.26. The van der Waals surface area contributed by atoms with Crippen LogP contribution >= 0.6 is 0 Å². The molecule has 4 rings (SSSR count). The molecule has 6 heteroatoms. The van der Waals surface area contributed by atoms with Crippen LogP contribution in [0, 0.1) is 5.92 Å². The van der Waals surface area contributed by atoms with Gasteiger partial charge < -0.3 is 14.4 Å². The summed E-state index contributed by atoms with van der Waals surface area (Å²) < 4.78 is 11.5. The van der Waals surface area contributed by atoms with E-state index in [0.29, 0.717) is 23.4 Å². The summed E-state index contributed by atoms with van der Waals surface area (Å²) >= 11 is 0. The van der Waals surface area contributed by atoms with Crippen molar-refractivity contribution in [2.75, 3.05) is 11.4 Å². The van der Waals surface area contributed by atoms with Crippen molar-refractivity contribution in [2.24, 2.45) is 5.92 Å². The standard InChI is InChI=1S/C31H33NO5/c1-5-27(29(34)21-9-7-6-8-10-21)37-30(35)22-19-28(33)32(20-22)24-13-17-26(18-14-24)36-25-15-11-23(12-16-25)31(2,3)4/h6-18,22,27H,5,19-20H2,1-4H3/t22-,27-/m0/s1. The second-order valence-corrected chi connectivity index (χ2v) is 10.3. The molecule has 0 aromatic heterocycles. The molecule has 0 spiro atoms. The monoisotopic (exact) mass is 499 g/mol. The lowest BCUT2D eigenvalue weighted by atomic mass is 9.87. The fourth-order valence-corrected chi connectivity index (χ4v) is 4.32. The number of ketones is 1. The molecule has 0 saturated carbocycles. The Balaban J connectivity index is 1.36. The molecule has 0 unspecified atom stereocenters. The Labute approximate surface area is 218 Å². The maximum Gasteiger partial charge on any atom is 0.312 e. The lowest BCUT2D eigenvalue weighted by molar-refractivity contribution is -0.151. The zero-order chi connectivity index (χ0) is 26.6. The first-order valence-corrected chi connectivity index (χ1v) is 12.6. The number of nitrogens with zero attached hydrogens (tertiary/aromatic N) is 1. The van der Waals surface area contributed by atoms with Crippen LogP contribution in [-0.2, 0) is 19.7 Å². The highest BCUT2D eigenvalue weighted by Crippen LogP contribution is 2.31. The summed E-state index contributed by atoms with van der Waals surface area (Å²) in [4.78, 5) is 39.9. The first-order chi connectivity index (χ1) is 17.7. The van der Waals surface area contributed by atoms with Crippen molar-refractivity contribution in [3.63, 3.8) is 0 Å². The Morgan fingerprint density at radius 2 is 1.51 bits per heavy atom. The van der Waals surface area contributed by atoms with Gasteiger partial charge in [-0.3, -0.25) is 14.4 Å². The molecule has 1 aliphatic rings. The summed E-state index contributed by atoms with van der Waals surface area (Å²) in [6.07, 6.45) is -0.454. The first-order valence-electron chi connectivity index (χ1n) is 12.6. The minimum atomic E-state index is -0.868. The zero-order valence-corrected chi connectivity index (χ0v) is 21.8. The van der Waals surface area contributed by atoms with Gasteiger partial charge in [-0.1, -0.05) is 70.2 Å². The largest absolute Gasteiger partial charge is 0.457 e. The van der Waals surface area contributed by atoms with E-state index in [1.165, 1.54) is 5.56 Å². The van der Waals surface area contributed by atoms with Crippen LogP contribution in [0.5, 0.6) is 11.5 Å². The Morgan fingerprint density at radius 1 is 0.919 bits per heavy atom. The smallest absolute Gasteiger partial charge is 0.312 e. The fourth-order valence-electron chi connectivity index (χ4n) is 4.32. The molecule has 0 bridgehead atoms. The van der Waals surface area contributed by atoms with E-state index in [0.717, 1.165) is 5.75 Å². The summed E-state index contributed by atoms with van der Waals surface area (Å²) in [6, 6.07) is 24.0. The zero-order valence-electron chi connectivity index (χ0n) is 21.8. The van der Waals surface area contributed by atoms with Crippen LogP contribution in [0.25, 0.3) is 0 Å². The molecule has 2 atom stereocenters. The van der Waals surface area contributed by atoms with E-state index in [2.05, 4.69) is 32.9 Å². The average Bonchev–Trinajstić information content (AvgIpc) is 3.29. The second-order valence-electron chi connectivity index (χ2n) is 10.3. The van der Waals surface area contributed by atoms with Gasteiger partial charge in [-0.25, -0.2) is 0 Å². The van der Waals surface area contributed by atoms with Crippen LogP contribution in [0.15, 0.2) is 78.9 Å². The van der Waals surface area contributed by atoms with Crippen LogP contribution in [0.2, 0.25) is 0 Å². The number of anilines is 1. The molecule has 1 heterocycles. The van der Waals surface area contributed by atoms with Crippen LogP contribution in [0.4, 0.5) is 5.69 Å². The van der Waals surface area contributed by atoms with Crippen molar-refractivity contribution in [2.45, 2.75) is 52.1 Å². The summed E-state index contributed by atoms with van der Waals surface area (Å²) in [6.45, 7) is 8.50. The van der Waals surface area contributed by atoms with Gasteiger partial charge in [0.05, 0.1) is 5.92 Å². The molecule has 37 heavy (non-hydrogen) atoms. The molecule has 1 amide bonds. The summed E-state index contributed by atoms with van der Waals surface area (Å²) in [5.74, 6) is -0.151. The molecule has 0 aliphatic carbocycles. The van der Waals surface area contributed by atoms with E-state index in [1.807, 2.05) is 18.2 Å². The third-order valence-corrected chi connectivity index (χ3v) is 6.54. The van der Waals surface area contributed by atoms with Crippen LogP contribution in [0.1, 0.15) is 56.5 Å². The lowest BCUT2D eigenvalue weighted by Crippen LogP contribution is -2.31. The summed E-state index contributed by atoms with van der Waals surface area (Å²) in [7, 11) is 0. The SMILES string of the molecule is CC[C@H](OC(=O)[C@H]1CC(=O)N(c2ccc(Oc3ccc(C(C)(C)C)cc3)cc2)C1)C(=O)c1ccccc1. The van der Waals surface area contributed by atoms with Crippen molar-refractivity contribution in [3.8, 4) is 11.5 Å².